The SMILES string of the molecule is COCON(COC)C(C)C(C=O)Cc1cc(=O)cc[nH]1. The monoisotopic (exact) mass is 298 g/mol. The van der Waals surface area contributed by atoms with Crippen LogP contribution in [0.25, 0.3) is 0 Å². The Bertz CT molecular complexity index is 476. The number of aldehydes is 1. The van der Waals surface area contributed by atoms with E-state index in [1.807, 2.05) is 6.92 Å². The van der Waals surface area contributed by atoms with Gasteiger partial charge in [-0.2, -0.15) is 5.06 Å². The van der Waals surface area contributed by atoms with Crippen molar-refractivity contribution in [1.29, 1.82) is 0 Å². The number of nitrogens with zero attached hydrogens (tertiary/aromatic N) is 1. The Morgan fingerprint density at radius 3 is 2.71 bits per heavy atom. The Balaban J connectivity index is 2.75. The fraction of sp³-hybridized carbons (Fsp3) is 0.571. The number of aromatic nitrogens is 1. The van der Waals surface area contributed by atoms with Gasteiger partial charge in [-0.05, 0) is 13.3 Å². The van der Waals surface area contributed by atoms with E-state index in [4.69, 9.17) is 14.3 Å². The van der Waals surface area contributed by atoms with Gasteiger partial charge < -0.3 is 19.3 Å². The fourth-order valence-corrected chi connectivity index (χ4v) is 1.93. The van der Waals surface area contributed by atoms with Crippen LogP contribution in [0, 0.1) is 5.92 Å². The number of aromatic amines is 1. The molecule has 118 valence electrons. The van der Waals surface area contributed by atoms with Crippen molar-refractivity contribution in [2.75, 3.05) is 27.7 Å². The minimum atomic E-state index is -0.352. The van der Waals surface area contributed by atoms with Crippen LogP contribution in [0.3, 0.4) is 0 Å². The first-order chi connectivity index (χ1) is 10.1. The second-order valence-corrected chi connectivity index (χ2v) is 4.66. The summed E-state index contributed by atoms with van der Waals surface area (Å²) in [6.45, 7) is 2.14. The standard InChI is InChI=1S/C14H22N2O5/c1-11(16(9-19-2)21-10-20-3)12(8-17)6-13-7-14(18)4-5-15-13/h4-5,7-8,11-12H,6,9-10H2,1-3H3,(H,15,18). The highest BCUT2D eigenvalue weighted by Crippen LogP contribution is 2.14. The molecular formula is C14H22N2O5. The molecule has 7 heteroatoms. The highest BCUT2D eigenvalue weighted by Gasteiger charge is 2.25. The Hall–Kier alpha value is -1.54. The number of nitrogens with one attached hydrogen (secondary N) is 1. The van der Waals surface area contributed by atoms with E-state index >= 15 is 0 Å². The van der Waals surface area contributed by atoms with Gasteiger partial charge >= 0.3 is 0 Å². The lowest BCUT2D eigenvalue weighted by Gasteiger charge is -2.30. The van der Waals surface area contributed by atoms with Crippen molar-refractivity contribution < 1.29 is 19.1 Å². The van der Waals surface area contributed by atoms with Gasteiger partial charge in [0.15, 0.2) is 12.2 Å². The van der Waals surface area contributed by atoms with E-state index in [-0.39, 0.29) is 30.9 Å². The number of hydrogen-bond acceptors (Lipinski definition) is 6. The van der Waals surface area contributed by atoms with Crippen molar-refractivity contribution >= 4 is 6.29 Å². The van der Waals surface area contributed by atoms with Gasteiger partial charge in [0.25, 0.3) is 0 Å². The number of H-pyrrole nitrogens is 1. The third-order valence-electron chi connectivity index (χ3n) is 3.13. The number of carbonyl (C=O) groups excluding carboxylic acids is 1. The summed E-state index contributed by atoms with van der Waals surface area (Å²) < 4.78 is 9.92. The lowest BCUT2D eigenvalue weighted by molar-refractivity contribution is -0.269. The van der Waals surface area contributed by atoms with Gasteiger partial charge in [0, 0.05) is 50.2 Å². The van der Waals surface area contributed by atoms with Crippen LogP contribution >= 0.6 is 0 Å². The van der Waals surface area contributed by atoms with E-state index < -0.39 is 0 Å². The van der Waals surface area contributed by atoms with Gasteiger partial charge in [0.1, 0.15) is 13.0 Å². The lowest BCUT2D eigenvalue weighted by Crippen LogP contribution is -2.41. The third kappa shape index (κ3) is 5.76. The zero-order chi connectivity index (χ0) is 15.7. The highest BCUT2D eigenvalue weighted by molar-refractivity contribution is 5.55. The van der Waals surface area contributed by atoms with Crippen molar-refractivity contribution in [2.24, 2.45) is 5.92 Å². The summed E-state index contributed by atoms with van der Waals surface area (Å²) >= 11 is 0. The summed E-state index contributed by atoms with van der Waals surface area (Å²) in [5.74, 6) is -0.352. The molecule has 0 amide bonds. The molecule has 7 nitrogen and oxygen atoms in total. The van der Waals surface area contributed by atoms with Gasteiger partial charge in [-0.15, -0.1) is 0 Å². The molecule has 0 aromatic carbocycles. The number of methoxy groups -OCH3 is 2. The van der Waals surface area contributed by atoms with E-state index in [0.717, 1.165) is 6.29 Å². The van der Waals surface area contributed by atoms with Gasteiger partial charge in [0.2, 0.25) is 0 Å². The summed E-state index contributed by atoms with van der Waals surface area (Å²) in [6, 6.07) is 2.68. The van der Waals surface area contributed by atoms with Crippen LogP contribution < -0.4 is 5.43 Å². The maximum absolute atomic E-state index is 11.4. The molecule has 2 unspecified atom stereocenters. The Morgan fingerprint density at radius 2 is 2.14 bits per heavy atom. The van der Waals surface area contributed by atoms with Crippen LogP contribution in [0.4, 0.5) is 0 Å². The number of pyridine rings is 1. The maximum atomic E-state index is 11.4. The molecule has 2 atom stereocenters. The first-order valence-electron chi connectivity index (χ1n) is 6.62. The van der Waals surface area contributed by atoms with Crippen molar-refractivity contribution in [3.05, 3.63) is 34.2 Å². The third-order valence-corrected chi connectivity index (χ3v) is 3.13. The van der Waals surface area contributed by atoms with E-state index in [9.17, 15) is 9.59 Å². The molecule has 1 aromatic rings. The van der Waals surface area contributed by atoms with E-state index in [0.29, 0.717) is 12.1 Å². The lowest BCUT2D eigenvalue weighted by atomic mass is 9.97. The molecular weight excluding hydrogens is 276 g/mol. The van der Waals surface area contributed by atoms with Crippen LogP contribution in [0.5, 0.6) is 0 Å². The van der Waals surface area contributed by atoms with Crippen LogP contribution in [-0.4, -0.2) is 50.1 Å². The molecule has 0 aliphatic heterocycles. The second kappa shape index (κ2) is 9.41. The first kappa shape index (κ1) is 17.5. The van der Waals surface area contributed by atoms with Gasteiger partial charge in [-0.25, -0.2) is 0 Å². The Kier molecular flexibility index (Phi) is 7.84. The predicted octanol–water partition coefficient (Wildman–Crippen LogP) is 0.562. The fourth-order valence-electron chi connectivity index (χ4n) is 1.93. The van der Waals surface area contributed by atoms with Crippen molar-refractivity contribution in [1.82, 2.24) is 10.0 Å². The van der Waals surface area contributed by atoms with Gasteiger partial charge in [-0.1, -0.05) is 0 Å². The summed E-state index contributed by atoms with van der Waals surface area (Å²) in [5.41, 5.74) is 0.612. The zero-order valence-electron chi connectivity index (χ0n) is 12.6. The molecule has 0 aliphatic rings. The quantitative estimate of drug-likeness (QED) is 0.386. The largest absolute Gasteiger partial charge is 0.367 e. The van der Waals surface area contributed by atoms with Gasteiger partial charge in [0.05, 0.1) is 0 Å². The minimum absolute atomic E-state index is 0.0709. The molecule has 21 heavy (non-hydrogen) atoms. The Morgan fingerprint density at radius 1 is 1.38 bits per heavy atom. The molecule has 0 saturated carbocycles. The molecule has 0 bridgehead atoms. The van der Waals surface area contributed by atoms with Crippen LogP contribution in [0.2, 0.25) is 0 Å². The smallest absolute Gasteiger partial charge is 0.181 e. The number of hydroxylamine groups is 2. The van der Waals surface area contributed by atoms with Crippen molar-refractivity contribution in [3.63, 3.8) is 0 Å². The average Bonchev–Trinajstić information content (AvgIpc) is 2.48. The molecule has 1 heterocycles. The number of hydrogen-bond donors (Lipinski definition) is 1. The summed E-state index contributed by atoms with van der Waals surface area (Å²) in [6.07, 6.45) is 2.84. The molecule has 0 spiro atoms. The summed E-state index contributed by atoms with van der Waals surface area (Å²) in [4.78, 5) is 31.1. The van der Waals surface area contributed by atoms with Crippen LogP contribution in [-0.2, 0) is 25.5 Å². The van der Waals surface area contributed by atoms with Crippen LogP contribution in [0.1, 0.15) is 12.6 Å². The second-order valence-electron chi connectivity index (χ2n) is 4.66. The highest BCUT2D eigenvalue weighted by atomic mass is 16.8. The predicted molar refractivity (Wildman–Crippen MR) is 76.5 cm³/mol. The Labute approximate surface area is 123 Å². The molecule has 1 rings (SSSR count). The van der Waals surface area contributed by atoms with Crippen LogP contribution in [0.15, 0.2) is 23.1 Å². The molecule has 0 saturated heterocycles. The molecule has 0 aliphatic carbocycles. The number of rotatable bonds is 10. The molecule has 1 aromatic heterocycles. The average molecular weight is 298 g/mol. The summed E-state index contributed by atoms with van der Waals surface area (Å²) in [5, 5.41) is 1.55. The topological polar surface area (TPSA) is 80.9 Å². The van der Waals surface area contributed by atoms with E-state index in [2.05, 4.69) is 4.98 Å². The van der Waals surface area contributed by atoms with Crippen molar-refractivity contribution in [3.8, 4) is 0 Å². The zero-order valence-corrected chi connectivity index (χ0v) is 12.6. The normalized spacial score (nSPS) is 14.1. The summed E-state index contributed by atoms with van der Waals surface area (Å²) in [7, 11) is 3.06. The van der Waals surface area contributed by atoms with Gasteiger partial charge in [-0.3, -0.25) is 9.63 Å². The van der Waals surface area contributed by atoms with E-state index in [1.165, 1.54) is 19.2 Å². The minimum Gasteiger partial charge on any atom is -0.367 e. The molecule has 0 radical (unpaired) electrons. The first-order valence-corrected chi connectivity index (χ1v) is 6.62. The van der Waals surface area contributed by atoms with E-state index in [1.54, 1.807) is 18.4 Å². The van der Waals surface area contributed by atoms with Crippen molar-refractivity contribution in [2.45, 2.75) is 19.4 Å². The number of carbonyl (C=O) groups is 1. The molecule has 0 fully saturated rings. The maximum Gasteiger partial charge on any atom is 0.181 e. The molecule has 1 N–H and O–H groups in total. The number of ether oxygens (including phenoxy) is 2.